The van der Waals surface area contributed by atoms with E-state index in [9.17, 15) is 0 Å². The van der Waals surface area contributed by atoms with Crippen LogP contribution in [0.1, 0.15) is 23.5 Å². The molecule has 1 fully saturated rings. The van der Waals surface area contributed by atoms with E-state index in [4.69, 9.17) is 21.6 Å². The molecule has 0 radical (unpaired) electrons. The third-order valence-corrected chi connectivity index (χ3v) is 2.68. The number of rotatable bonds is 1. The van der Waals surface area contributed by atoms with Gasteiger partial charge in [-0.25, -0.2) is 4.98 Å². The molecule has 1 aliphatic rings. The Bertz CT molecular complexity index is 380. The molecule has 1 aromatic rings. The van der Waals surface area contributed by atoms with Gasteiger partial charge in [-0.15, -0.1) is 0 Å². The van der Waals surface area contributed by atoms with Crippen molar-refractivity contribution in [3.8, 4) is 6.07 Å². The molecule has 0 bridgehead atoms. The Balaban J connectivity index is 2.31. The van der Waals surface area contributed by atoms with Gasteiger partial charge in [-0.3, -0.25) is 0 Å². The number of nitriles is 1. The molecule has 1 aromatic heterocycles. The standard InChI is InChI=1S/C10H9ClN2O/c11-10-8(4-12)3-9(5-13-10)7-1-2-14-6-7/h3,5,7H,1-2,6H2. The van der Waals surface area contributed by atoms with E-state index in [0.717, 1.165) is 18.6 Å². The van der Waals surface area contributed by atoms with E-state index in [1.54, 1.807) is 12.3 Å². The first-order chi connectivity index (χ1) is 6.81. The van der Waals surface area contributed by atoms with Crippen molar-refractivity contribution in [3.05, 3.63) is 28.5 Å². The summed E-state index contributed by atoms with van der Waals surface area (Å²) in [6, 6.07) is 3.82. The molecule has 0 spiro atoms. The highest BCUT2D eigenvalue weighted by Crippen LogP contribution is 2.26. The molecular weight excluding hydrogens is 200 g/mol. The van der Waals surface area contributed by atoms with Crippen LogP contribution in [0.15, 0.2) is 12.3 Å². The van der Waals surface area contributed by atoms with Gasteiger partial charge in [0.15, 0.2) is 0 Å². The van der Waals surface area contributed by atoms with E-state index in [1.807, 2.05) is 6.07 Å². The van der Waals surface area contributed by atoms with Crippen LogP contribution in [0.5, 0.6) is 0 Å². The number of hydrogen-bond acceptors (Lipinski definition) is 3. The summed E-state index contributed by atoms with van der Waals surface area (Å²) in [5.74, 6) is 0.367. The molecule has 0 aromatic carbocycles. The minimum Gasteiger partial charge on any atom is -0.381 e. The normalized spacial score (nSPS) is 20.7. The molecule has 14 heavy (non-hydrogen) atoms. The van der Waals surface area contributed by atoms with Crippen LogP contribution in [0.2, 0.25) is 5.15 Å². The molecule has 72 valence electrons. The van der Waals surface area contributed by atoms with Crippen LogP contribution in [0.25, 0.3) is 0 Å². The minimum absolute atomic E-state index is 0.273. The Morgan fingerprint density at radius 3 is 3.14 bits per heavy atom. The first-order valence-electron chi connectivity index (χ1n) is 4.44. The predicted molar refractivity (Wildman–Crippen MR) is 52.1 cm³/mol. The maximum absolute atomic E-state index is 8.78. The first kappa shape index (κ1) is 9.45. The molecule has 0 amide bonds. The molecule has 1 saturated heterocycles. The van der Waals surface area contributed by atoms with Crippen LogP contribution in [-0.2, 0) is 4.74 Å². The first-order valence-corrected chi connectivity index (χ1v) is 4.82. The highest BCUT2D eigenvalue weighted by Gasteiger charge is 2.18. The number of ether oxygens (including phenoxy) is 1. The van der Waals surface area contributed by atoms with E-state index in [1.165, 1.54) is 0 Å². The third kappa shape index (κ3) is 1.72. The summed E-state index contributed by atoms with van der Waals surface area (Å²) in [4.78, 5) is 3.98. The lowest BCUT2D eigenvalue weighted by Crippen LogP contribution is -1.99. The summed E-state index contributed by atoms with van der Waals surface area (Å²) in [7, 11) is 0. The highest BCUT2D eigenvalue weighted by atomic mass is 35.5. The molecular formula is C10H9ClN2O. The molecule has 4 heteroatoms. The Kier molecular flexibility index (Phi) is 2.67. The fraction of sp³-hybridized carbons (Fsp3) is 0.400. The van der Waals surface area contributed by atoms with E-state index >= 15 is 0 Å². The van der Waals surface area contributed by atoms with Gasteiger partial charge < -0.3 is 4.74 Å². The van der Waals surface area contributed by atoms with Crippen molar-refractivity contribution in [2.45, 2.75) is 12.3 Å². The zero-order valence-electron chi connectivity index (χ0n) is 7.53. The van der Waals surface area contributed by atoms with Gasteiger partial charge in [0.25, 0.3) is 0 Å². The van der Waals surface area contributed by atoms with E-state index in [0.29, 0.717) is 18.1 Å². The molecule has 3 nitrogen and oxygen atoms in total. The second kappa shape index (κ2) is 3.95. The second-order valence-electron chi connectivity index (χ2n) is 3.28. The van der Waals surface area contributed by atoms with Crippen LogP contribution in [-0.4, -0.2) is 18.2 Å². The SMILES string of the molecule is N#Cc1cc(C2CCOC2)cnc1Cl. The maximum Gasteiger partial charge on any atom is 0.146 e. The van der Waals surface area contributed by atoms with E-state index in [-0.39, 0.29) is 5.15 Å². The zero-order valence-corrected chi connectivity index (χ0v) is 8.29. The van der Waals surface area contributed by atoms with Crippen molar-refractivity contribution >= 4 is 11.6 Å². The molecule has 2 rings (SSSR count). The Morgan fingerprint density at radius 2 is 2.50 bits per heavy atom. The zero-order chi connectivity index (χ0) is 9.97. The predicted octanol–water partition coefficient (Wildman–Crippen LogP) is 2.11. The third-order valence-electron chi connectivity index (χ3n) is 2.38. The lowest BCUT2D eigenvalue weighted by atomic mass is 9.99. The number of aromatic nitrogens is 1. The number of halogens is 1. The monoisotopic (exact) mass is 208 g/mol. The number of pyridine rings is 1. The lowest BCUT2D eigenvalue weighted by Gasteiger charge is -2.07. The van der Waals surface area contributed by atoms with Crippen LogP contribution < -0.4 is 0 Å². The summed E-state index contributed by atoms with van der Waals surface area (Å²) in [6.45, 7) is 1.50. The van der Waals surface area contributed by atoms with E-state index in [2.05, 4.69) is 4.98 Å². The average Bonchev–Trinajstić information content (AvgIpc) is 2.71. The molecule has 1 aliphatic heterocycles. The smallest absolute Gasteiger partial charge is 0.146 e. The topological polar surface area (TPSA) is 45.9 Å². The van der Waals surface area contributed by atoms with Crippen molar-refractivity contribution in [2.24, 2.45) is 0 Å². The van der Waals surface area contributed by atoms with Crippen molar-refractivity contribution in [1.82, 2.24) is 4.98 Å². The Labute approximate surface area is 87.3 Å². The fourth-order valence-corrected chi connectivity index (χ4v) is 1.71. The van der Waals surface area contributed by atoms with Crippen LogP contribution in [0.3, 0.4) is 0 Å². The van der Waals surface area contributed by atoms with Crippen LogP contribution in [0, 0.1) is 11.3 Å². The van der Waals surface area contributed by atoms with Gasteiger partial charge in [0.1, 0.15) is 11.2 Å². The minimum atomic E-state index is 0.273. The second-order valence-corrected chi connectivity index (χ2v) is 3.64. The average molecular weight is 209 g/mol. The maximum atomic E-state index is 8.78. The Morgan fingerprint density at radius 1 is 1.64 bits per heavy atom. The van der Waals surface area contributed by atoms with Gasteiger partial charge in [0.2, 0.25) is 0 Å². The fourth-order valence-electron chi connectivity index (χ4n) is 1.56. The van der Waals surface area contributed by atoms with Crippen molar-refractivity contribution in [2.75, 3.05) is 13.2 Å². The van der Waals surface area contributed by atoms with Gasteiger partial charge in [-0.05, 0) is 18.1 Å². The van der Waals surface area contributed by atoms with Gasteiger partial charge >= 0.3 is 0 Å². The van der Waals surface area contributed by atoms with Crippen molar-refractivity contribution < 1.29 is 4.74 Å². The van der Waals surface area contributed by atoms with Gasteiger partial charge in [0, 0.05) is 18.7 Å². The number of hydrogen-bond donors (Lipinski definition) is 0. The quantitative estimate of drug-likeness (QED) is 0.664. The van der Waals surface area contributed by atoms with Crippen molar-refractivity contribution in [3.63, 3.8) is 0 Å². The molecule has 0 N–H and O–H groups in total. The van der Waals surface area contributed by atoms with Gasteiger partial charge in [-0.2, -0.15) is 5.26 Å². The van der Waals surface area contributed by atoms with Gasteiger partial charge in [0.05, 0.1) is 12.2 Å². The van der Waals surface area contributed by atoms with Gasteiger partial charge in [-0.1, -0.05) is 11.6 Å². The summed E-state index contributed by atoms with van der Waals surface area (Å²) in [5.41, 5.74) is 1.49. The molecule has 2 heterocycles. The highest BCUT2D eigenvalue weighted by molar-refractivity contribution is 6.30. The molecule has 1 unspecified atom stereocenters. The summed E-state index contributed by atoms with van der Waals surface area (Å²) in [5, 5.41) is 9.05. The largest absolute Gasteiger partial charge is 0.381 e. The van der Waals surface area contributed by atoms with Crippen LogP contribution >= 0.6 is 11.6 Å². The molecule has 0 saturated carbocycles. The Hall–Kier alpha value is -1.11. The number of nitrogens with zero attached hydrogens (tertiary/aromatic N) is 2. The van der Waals surface area contributed by atoms with Crippen LogP contribution in [0.4, 0.5) is 0 Å². The lowest BCUT2D eigenvalue weighted by molar-refractivity contribution is 0.194. The molecule has 0 aliphatic carbocycles. The summed E-state index contributed by atoms with van der Waals surface area (Å²) >= 11 is 5.74. The molecule has 1 atom stereocenters. The van der Waals surface area contributed by atoms with E-state index < -0.39 is 0 Å². The summed E-state index contributed by atoms with van der Waals surface area (Å²) in [6.07, 6.45) is 2.72. The summed E-state index contributed by atoms with van der Waals surface area (Å²) < 4.78 is 5.27. The van der Waals surface area contributed by atoms with Crippen molar-refractivity contribution in [1.29, 1.82) is 5.26 Å².